The molecular weight excluding hydrogens is 190 g/mol. The van der Waals surface area contributed by atoms with E-state index in [1.54, 1.807) is 11.6 Å². The van der Waals surface area contributed by atoms with Gasteiger partial charge in [-0.25, -0.2) is 4.79 Å². The molecule has 1 unspecified atom stereocenters. The molecule has 0 radical (unpaired) electrons. The van der Waals surface area contributed by atoms with E-state index in [4.69, 9.17) is 5.73 Å². The molecule has 0 spiro atoms. The van der Waals surface area contributed by atoms with Gasteiger partial charge in [0.05, 0.1) is 11.0 Å². The van der Waals surface area contributed by atoms with E-state index in [0.717, 1.165) is 23.0 Å². The van der Waals surface area contributed by atoms with Crippen LogP contribution in [0.4, 0.5) is 0 Å². The van der Waals surface area contributed by atoms with Crippen molar-refractivity contribution in [2.24, 2.45) is 12.8 Å². The predicted octanol–water partition coefficient (Wildman–Crippen LogP) is 0.756. The highest BCUT2D eigenvalue weighted by molar-refractivity contribution is 5.79. The third kappa shape index (κ3) is 1.68. The minimum atomic E-state index is -0.0814. The number of para-hydroxylation sites is 1. The highest BCUT2D eigenvalue weighted by Crippen LogP contribution is 2.16. The molecule has 0 amide bonds. The number of fused-ring (bicyclic) bond motifs is 1. The van der Waals surface area contributed by atoms with E-state index < -0.39 is 0 Å². The van der Waals surface area contributed by atoms with Crippen molar-refractivity contribution in [1.82, 2.24) is 9.55 Å². The fraction of sp³-hybridized carbons (Fsp3) is 0.364. The minimum Gasteiger partial charge on any atom is -0.328 e. The Morgan fingerprint density at radius 1 is 1.53 bits per heavy atom. The molecule has 0 bridgehead atoms. The molecule has 1 aromatic carbocycles. The van der Waals surface area contributed by atoms with Crippen molar-refractivity contribution >= 4 is 11.0 Å². The molecule has 1 atom stereocenters. The van der Waals surface area contributed by atoms with Gasteiger partial charge in [0.25, 0.3) is 0 Å². The number of nitrogens with zero attached hydrogens (tertiary/aromatic N) is 1. The Morgan fingerprint density at radius 2 is 2.27 bits per heavy atom. The van der Waals surface area contributed by atoms with Crippen molar-refractivity contribution in [3.63, 3.8) is 0 Å². The maximum Gasteiger partial charge on any atom is 0.326 e. The van der Waals surface area contributed by atoms with Crippen molar-refractivity contribution in [3.05, 3.63) is 34.2 Å². The standard InChI is InChI=1S/C11H15N3O/c1-7(12)6-8-4-3-5-9-10(8)14(2)11(15)13-9/h3-5,7H,6,12H2,1-2H3,(H,13,15). The average Bonchev–Trinajstić information content (AvgIpc) is 2.43. The fourth-order valence-corrected chi connectivity index (χ4v) is 1.90. The van der Waals surface area contributed by atoms with Crippen LogP contribution in [0.2, 0.25) is 0 Å². The number of aromatic amines is 1. The van der Waals surface area contributed by atoms with Gasteiger partial charge in [0, 0.05) is 13.1 Å². The van der Waals surface area contributed by atoms with Crippen LogP contribution in [0.3, 0.4) is 0 Å². The molecule has 4 heteroatoms. The molecule has 2 rings (SSSR count). The van der Waals surface area contributed by atoms with Crippen LogP contribution in [0, 0.1) is 0 Å². The maximum atomic E-state index is 11.5. The van der Waals surface area contributed by atoms with Crippen molar-refractivity contribution < 1.29 is 0 Å². The second-order valence-corrected chi connectivity index (χ2v) is 3.98. The SMILES string of the molecule is CC(N)Cc1cccc2[nH]c(=O)n(C)c12. The maximum absolute atomic E-state index is 11.5. The molecule has 0 aliphatic rings. The summed E-state index contributed by atoms with van der Waals surface area (Å²) < 4.78 is 1.63. The summed E-state index contributed by atoms with van der Waals surface area (Å²) in [7, 11) is 1.77. The van der Waals surface area contributed by atoms with Crippen LogP contribution >= 0.6 is 0 Å². The molecule has 15 heavy (non-hydrogen) atoms. The van der Waals surface area contributed by atoms with Crippen LogP contribution in [-0.4, -0.2) is 15.6 Å². The number of aryl methyl sites for hydroxylation is 1. The lowest BCUT2D eigenvalue weighted by Gasteiger charge is -2.07. The van der Waals surface area contributed by atoms with E-state index in [-0.39, 0.29) is 11.7 Å². The van der Waals surface area contributed by atoms with E-state index in [2.05, 4.69) is 4.98 Å². The number of aromatic nitrogens is 2. The van der Waals surface area contributed by atoms with Gasteiger partial charge in [-0.1, -0.05) is 12.1 Å². The first kappa shape index (κ1) is 9.98. The second-order valence-electron chi connectivity index (χ2n) is 3.98. The van der Waals surface area contributed by atoms with Gasteiger partial charge in [0.2, 0.25) is 0 Å². The monoisotopic (exact) mass is 205 g/mol. The summed E-state index contributed by atoms with van der Waals surface area (Å²) in [4.78, 5) is 14.3. The third-order valence-corrected chi connectivity index (χ3v) is 2.54. The molecule has 2 aromatic rings. The Bertz CT molecular complexity index is 536. The highest BCUT2D eigenvalue weighted by atomic mass is 16.1. The molecule has 0 aliphatic heterocycles. The molecule has 0 saturated heterocycles. The van der Waals surface area contributed by atoms with Gasteiger partial charge >= 0.3 is 5.69 Å². The van der Waals surface area contributed by atoms with Crippen LogP contribution < -0.4 is 11.4 Å². The van der Waals surface area contributed by atoms with Gasteiger partial charge in [-0.15, -0.1) is 0 Å². The lowest BCUT2D eigenvalue weighted by Crippen LogP contribution is -2.19. The normalized spacial score (nSPS) is 13.3. The summed E-state index contributed by atoms with van der Waals surface area (Å²) in [6, 6.07) is 5.96. The molecule has 3 N–H and O–H groups in total. The number of imidazole rings is 1. The number of hydrogen-bond donors (Lipinski definition) is 2. The summed E-state index contributed by atoms with van der Waals surface area (Å²) in [6.45, 7) is 1.96. The van der Waals surface area contributed by atoms with E-state index >= 15 is 0 Å². The first-order valence-electron chi connectivity index (χ1n) is 5.02. The largest absolute Gasteiger partial charge is 0.328 e. The van der Waals surface area contributed by atoms with Crippen LogP contribution in [0.15, 0.2) is 23.0 Å². The number of nitrogens with one attached hydrogen (secondary N) is 1. The smallest absolute Gasteiger partial charge is 0.326 e. The van der Waals surface area contributed by atoms with Crippen LogP contribution in [0.1, 0.15) is 12.5 Å². The molecule has 1 aromatic heterocycles. The average molecular weight is 205 g/mol. The Balaban J connectivity index is 2.69. The minimum absolute atomic E-state index is 0.0814. The van der Waals surface area contributed by atoms with Gasteiger partial charge in [0.15, 0.2) is 0 Å². The molecule has 1 heterocycles. The Labute approximate surface area is 87.7 Å². The molecule has 80 valence electrons. The zero-order chi connectivity index (χ0) is 11.0. The molecule has 0 saturated carbocycles. The summed E-state index contributed by atoms with van der Waals surface area (Å²) in [5.74, 6) is 0. The van der Waals surface area contributed by atoms with Crippen LogP contribution in [-0.2, 0) is 13.5 Å². The summed E-state index contributed by atoms with van der Waals surface area (Å²) in [6.07, 6.45) is 0.780. The number of nitrogens with two attached hydrogens (primary N) is 1. The number of H-pyrrole nitrogens is 1. The van der Waals surface area contributed by atoms with Gasteiger partial charge in [-0.2, -0.15) is 0 Å². The van der Waals surface area contributed by atoms with Gasteiger partial charge < -0.3 is 10.7 Å². The highest BCUT2D eigenvalue weighted by Gasteiger charge is 2.08. The Hall–Kier alpha value is -1.55. The first-order chi connectivity index (χ1) is 7.09. The van der Waals surface area contributed by atoms with Crippen LogP contribution in [0.25, 0.3) is 11.0 Å². The zero-order valence-electron chi connectivity index (χ0n) is 8.95. The van der Waals surface area contributed by atoms with E-state index in [0.29, 0.717) is 0 Å². The Kier molecular flexibility index (Phi) is 2.36. The van der Waals surface area contributed by atoms with E-state index in [1.165, 1.54) is 0 Å². The van der Waals surface area contributed by atoms with Crippen molar-refractivity contribution in [2.45, 2.75) is 19.4 Å². The number of hydrogen-bond acceptors (Lipinski definition) is 2. The zero-order valence-corrected chi connectivity index (χ0v) is 8.95. The number of benzene rings is 1. The molecule has 0 fully saturated rings. The summed E-state index contributed by atoms with van der Waals surface area (Å²) in [5, 5.41) is 0. The summed E-state index contributed by atoms with van der Waals surface area (Å²) in [5.41, 5.74) is 8.64. The van der Waals surface area contributed by atoms with Gasteiger partial charge in [-0.05, 0) is 25.0 Å². The van der Waals surface area contributed by atoms with E-state index in [1.807, 2.05) is 25.1 Å². The quantitative estimate of drug-likeness (QED) is 0.760. The second kappa shape index (κ2) is 3.55. The van der Waals surface area contributed by atoms with Crippen molar-refractivity contribution in [1.29, 1.82) is 0 Å². The first-order valence-corrected chi connectivity index (χ1v) is 5.02. The lowest BCUT2D eigenvalue weighted by molar-refractivity contribution is 0.737. The van der Waals surface area contributed by atoms with Crippen LogP contribution in [0.5, 0.6) is 0 Å². The molecule has 0 aliphatic carbocycles. The predicted molar refractivity (Wildman–Crippen MR) is 60.9 cm³/mol. The van der Waals surface area contributed by atoms with Gasteiger partial charge in [0.1, 0.15) is 0 Å². The van der Waals surface area contributed by atoms with Gasteiger partial charge in [-0.3, -0.25) is 4.57 Å². The molecular formula is C11H15N3O. The molecule has 4 nitrogen and oxygen atoms in total. The van der Waals surface area contributed by atoms with E-state index in [9.17, 15) is 4.79 Å². The summed E-state index contributed by atoms with van der Waals surface area (Å²) >= 11 is 0. The Morgan fingerprint density at radius 3 is 2.93 bits per heavy atom. The van der Waals surface area contributed by atoms with Crippen molar-refractivity contribution in [2.75, 3.05) is 0 Å². The number of rotatable bonds is 2. The third-order valence-electron chi connectivity index (χ3n) is 2.54. The van der Waals surface area contributed by atoms with Crippen molar-refractivity contribution in [3.8, 4) is 0 Å². The lowest BCUT2D eigenvalue weighted by atomic mass is 10.1. The topological polar surface area (TPSA) is 63.8 Å². The fourth-order valence-electron chi connectivity index (χ4n) is 1.90.